The van der Waals surface area contributed by atoms with Gasteiger partial charge in [0.1, 0.15) is 5.82 Å². The molecule has 1 aromatic heterocycles. The van der Waals surface area contributed by atoms with Crippen LogP contribution < -0.4 is 5.32 Å². The predicted octanol–water partition coefficient (Wildman–Crippen LogP) is 1.50. The Balaban J connectivity index is 2.04. The lowest BCUT2D eigenvalue weighted by molar-refractivity contribution is 0.0724. The lowest BCUT2D eigenvalue weighted by atomic mass is 10.1. The molecule has 0 bridgehead atoms. The summed E-state index contributed by atoms with van der Waals surface area (Å²) >= 11 is 0. The number of anilines is 1. The maximum atomic E-state index is 12.4. The average Bonchev–Trinajstić information content (AvgIpc) is 2.92. The van der Waals surface area contributed by atoms with Crippen LogP contribution in [0, 0.1) is 0 Å². The van der Waals surface area contributed by atoms with E-state index in [0.29, 0.717) is 5.56 Å². The van der Waals surface area contributed by atoms with Gasteiger partial charge in [-0.3, -0.25) is 4.79 Å². The summed E-state index contributed by atoms with van der Waals surface area (Å²) in [7, 11) is 1.80. The highest BCUT2D eigenvalue weighted by atomic mass is 16.3. The van der Waals surface area contributed by atoms with E-state index in [0.717, 1.165) is 38.0 Å². The molecule has 0 spiro atoms. The number of pyridine rings is 1. The molecular weight excluding hydrogens is 242 g/mol. The summed E-state index contributed by atoms with van der Waals surface area (Å²) in [5.74, 6) is 0.811. The van der Waals surface area contributed by atoms with Crippen molar-refractivity contribution < 1.29 is 9.90 Å². The Morgan fingerprint density at radius 1 is 1.58 bits per heavy atom. The number of carbonyl (C=O) groups excluding carboxylic acids is 1. The molecule has 2 N–H and O–H groups in total. The molecule has 1 unspecified atom stereocenters. The summed E-state index contributed by atoms with van der Waals surface area (Å²) in [6.07, 6.45) is 5.34. The third kappa shape index (κ3) is 3.23. The molecule has 1 amide bonds. The van der Waals surface area contributed by atoms with Crippen LogP contribution in [0.3, 0.4) is 0 Å². The molecular formula is C14H21N3O2. The quantitative estimate of drug-likeness (QED) is 0.845. The topological polar surface area (TPSA) is 65.5 Å². The number of rotatable bonds is 5. The van der Waals surface area contributed by atoms with Gasteiger partial charge in [-0.15, -0.1) is 0 Å². The zero-order valence-electron chi connectivity index (χ0n) is 11.3. The first-order chi connectivity index (χ1) is 9.26. The van der Waals surface area contributed by atoms with Crippen molar-refractivity contribution >= 4 is 11.7 Å². The number of nitrogens with zero attached hydrogens (tertiary/aromatic N) is 2. The minimum Gasteiger partial charge on any atom is -0.396 e. The maximum absolute atomic E-state index is 12.4. The molecule has 1 aromatic rings. The fraction of sp³-hybridized carbons (Fsp3) is 0.571. The summed E-state index contributed by atoms with van der Waals surface area (Å²) in [4.78, 5) is 18.5. The first kappa shape index (κ1) is 13.8. The highest BCUT2D eigenvalue weighted by Gasteiger charge is 2.28. The van der Waals surface area contributed by atoms with Crippen molar-refractivity contribution in [1.29, 1.82) is 0 Å². The van der Waals surface area contributed by atoms with Crippen molar-refractivity contribution in [1.82, 2.24) is 9.88 Å². The molecule has 1 fully saturated rings. The fourth-order valence-corrected chi connectivity index (χ4v) is 2.56. The van der Waals surface area contributed by atoms with E-state index < -0.39 is 0 Å². The molecule has 0 saturated carbocycles. The fourth-order valence-electron chi connectivity index (χ4n) is 2.56. The molecule has 1 aliphatic rings. The third-order valence-corrected chi connectivity index (χ3v) is 3.60. The normalized spacial score (nSPS) is 18.6. The Kier molecular flexibility index (Phi) is 4.74. The second-order valence-electron chi connectivity index (χ2n) is 4.84. The Bertz CT molecular complexity index is 419. The molecule has 0 radical (unpaired) electrons. The predicted molar refractivity (Wildman–Crippen MR) is 74.2 cm³/mol. The third-order valence-electron chi connectivity index (χ3n) is 3.60. The summed E-state index contributed by atoms with van der Waals surface area (Å²) in [5.41, 5.74) is 0.634. The molecule has 0 aliphatic carbocycles. The van der Waals surface area contributed by atoms with Crippen LogP contribution in [-0.4, -0.2) is 47.1 Å². The highest BCUT2D eigenvalue weighted by Crippen LogP contribution is 2.23. The number of nitrogens with one attached hydrogen (secondary N) is 1. The smallest absolute Gasteiger partial charge is 0.255 e. The largest absolute Gasteiger partial charge is 0.396 e. The van der Waals surface area contributed by atoms with Gasteiger partial charge in [0, 0.05) is 32.4 Å². The SMILES string of the molecule is CNc1ccc(C(=O)N2CCCC2CCCO)cn1. The van der Waals surface area contributed by atoms with E-state index in [1.165, 1.54) is 0 Å². The number of aliphatic hydroxyl groups excluding tert-OH is 1. The first-order valence-electron chi connectivity index (χ1n) is 6.82. The number of hydrogen-bond acceptors (Lipinski definition) is 4. The van der Waals surface area contributed by atoms with E-state index >= 15 is 0 Å². The first-order valence-corrected chi connectivity index (χ1v) is 6.82. The number of aromatic nitrogens is 1. The van der Waals surface area contributed by atoms with Crippen molar-refractivity contribution in [2.24, 2.45) is 0 Å². The maximum Gasteiger partial charge on any atom is 0.255 e. The van der Waals surface area contributed by atoms with Gasteiger partial charge in [-0.25, -0.2) is 4.98 Å². The zero-order chi connectivity index (χ0) is 13.7. The summed E-state index contributed by atoms with van der Waals surface area (Å²) in [6.45, 7) is 1.000. The van der Waals surface area contributed by atoms with Crippen LogP contribution in [0.5, 0.6) is 0 Å². The number of aliphatic hydroxyl groups is 1. The van der Waals surface area contributed by atoms with Crippen LogP contribution in [-0.2, 0) is 0 Å². The average molecular weight is 263 g/mol. The molecule has 2 rings (SSSR count). The summed E-state index contributed by atoms with van der Waals surface area (Å²) in [6, 6.07) is 3.89. The lowest BCUT2D eigenvalue weighted by Gasteiger charge is -2.24. The molecule has 19 heavy (non-hydrogen) atoms. The second kappa shape index (κ2) is 6.52. The van der Waals surface area contributed by atoms with Gasteiger partial charge in [-0.1, -0.05) is 0 Å². The zero-order valence-corrected chi connectivity index (χ0v) is 11.3. The lowest BCUT2D eigenvalue weighted by Crippen LogP contribution is -2.35. The van der Waals surface area contributed by atoms with Crippen LogP contribution in [0.2, 0.25) is 0 Å². The molecule has 1 saturated heterocycles. The van der Waals surface area contributed by atoms with Gasteiger partial charge in [0.15, 0.2) is 0 Å². The Hall–Kier alpha value is -1.62. The van der Waals surface area contributed by atoms with Crippen LogP contribution in [0.15, 0.2) is 18.3 Å². The van der Waals surface area contributed by atoms with E-state index in [2.05, 4.69) is 10.3 Å². The Morgan fingerprint density at radius 2 is 2.42 bits per heavy atom. The van der Waals surface area contributed by atoms with E-state index in [9.17, 15) is 4.79 Å². The van der Waals surface area contributed by atoms with Crippen molar-refractivity contribution in [2.45, 2.75) is 31.7 Å². The minimum absolute atomic E-state index is 0.0515. The number of amides is 1. The van der Waals surface area contributed by atoms with Crippen LogP contribution in [0.1, 0.15) is 36.0 Å². The van der Waals surface area contributed by atoms with Crippen molar-refractivity contribution in [2.75, 3.05) is 25.5 Å². The van der Waals surface area contributed by atoms with Crippen molar-refractivity contribution in [3.05, 3.63) is 23.9 Å². The number of likely N-dealkylation sites (tertiary alicyclic amines) is 1. The Labute approximate surface area is 113 Å². The van der Waals surface area contributed by atoms with Gasteiger partial charge in [0.2, 0.25) is 0 Å². The minimum atomic E-state index is 0.0515. The second-order valence-corrected chi connectivity index (χ2v) is 4.84. The van der Waals surface area contributed by atoms with Gasteiger partial charge in [0.25, 0.3) is 5.91 Å². The monoisotopic (exact) mass is 263 g/mol. The van der Waals surface area contributed by atoms with Gasteiger partial charge >= 0.3 is 0 Å². The molecule has 1 atom stereocenters. The van der Waals surface area contributed by atoms with Gasteiger partial charge in [-0.2, -0.15) is 0 Å². The summed E-state index contributed by atoms with van der Waals surface area (Å²) < 4.78 is 0. The Morgan fingerprint density at radius 3 is 3.05 bits per heavy atom. The molecule has 5 heteroatoms. The van der Waals surface area contributed by atoms with E-state index in [-0.39, 0.29) is 18.6 Å². The molecule has 5 nitrogen and oxygen atoms in total. The van der Waals surface area contributed by atoms with Gasteiger partial charge in [-0.05, 0) is 37.8 Å². The molecule has 0 aromatic carbocycles. The molecule has 2 heterocycles. The number of carbonyl (C=O) groups is 1. The van der Waals surface area contributed by atoms with E-state index in [4.69, 9.17) is 5.11 Å². The summed E-state index contributed by atoms with van der Waals surface area (Å²) in [5, 5.41) is 11.8. The van der Waals surface area contributed by atoms with Crippen LogP contribution in [0.25, 0.3) is 0 Å². The van der Waals surface area contributed by atoms with Gasteiger partial charge in [0.05, 0.1) is 5.56 Å². The van der Waals surface area contributed by atoms with Crippen molar-refractivity contribution in [3.8, 4) is 0 Å². The van der Waals surface area contributed by atoms with Crippen LogP contribution in [0.4, 0.5) is 5.82 Å². The van der Waals surface area contributed by atoms with E-state index in [1.807, 2.05) is 17.0 Å². The highest BCUT2D eigenvalue weighted by molar-refractivity contribution is 5.94. The van der Waals surface area contributed by atoms with E-state index in [1.54, 1.807) is 13.2 Å². The molecule has 1 aliphatic heterocycles. The van der Waals surface area contributed by atoms with Crippen molar-refractivity contribution in [3.63, 3.8) is 0 Å². The molecule has 104 valence electrons. The van der Waals surface area contributed by atoms with Crippen LogP contribution >= 0.6 is 0 Å². The number of hydrogen-bond donors (Lipinski definition) is 2. The van der Waals surface area contributed by atoms with Gasteiger partial charge < -0.3 is 15.3 Å². The standard InChI is InChI=1S/C14H21N3O2/c1-15-13-7-6-11(10-16-13)14(19)17-8-2-4-12(17)5-3-9-18/h6-7,10,12,18H,2-5,8-9H2,1H3,(H,15,16).